The number of benzene rings is 3. The van der Waals surface area contributed by atoms with Crippen LogP contribution in [0.4, 0.5) is 18.9 Å². The van der Waals surface area contributed by atoms with Gasteiger partial charge in [-0.15, -0.1) is 0 Å². The first kappa shape index (κ1) is 25.7. The van der Waals surface area contributed by atoms with Crippen molar-refractivity contribution in [3.8, 4) is 5.75 Å². The summed E-state index contributed by atoms with van der Waals surface area (Å²) in [5.74, 6) is 0.406. The van der Waals surface area contributed by atoms with Crippen molar-refractivity contribution in [2.45, 2.75) is 25.4 Å². The Balaban J connectivity index is 1.25. The van der Waals surface area contributed by atoms with Crippen LogP contribution in [0.3, 0.4) is 0 Å². The fourth-order valence-corrected chi connectivity index (χ4v) is 4.66. The Kier molecular flexibility index (Phi) is 8.25. The van der Waals surface area contributed by atoms with Crippen molar-refractivity contribution in [2.24, 2.45) is 5.92 Å². The molecule has 0 bridgehead atoms. The molecule has 1 heterocycles. The summed E-state index contributed by atoms with van der Waals surface area (Å²) in [6, 6.07) is 22.5. The fraction of sp³-hybridized carbons (Fsp3) is 0.286. The van der Waals surface area contributed by atoms with Gasteiger partial charge in [-0.25, -0.2) is 0 Å². The highest BCUT2D eigenvalue weighted by atomic mass is 32.1. The topological polar surface area (TPSA) is 41.6 Å². The second-order valence-electron chi connectivity index (χ2n) is 8.83. The van der Waals surface area contributed by atoms with Crippen LogP contribution in [0.25, 0.3) is 0 Å². The molecule has 1 aliphatic heterocycles. The number of nitrogens with one attached hydrogen (secondary N) is 1. The highest BCUT2D eigenvalue weighted by molar-refractivity contribution is 7.80. The van der Waals surface area contributed by atoms with Crippen LogP contribution < -0.4 is 10.1 Å². The first-order chi connectivity index (χ1) is 17.3. The van der Waals surface area contributed by atoms with Gasteiger partial charge in [-0.2, -0.15) is 13.2 Å². The van der Waals surface area contributed by atoms with Crippen LogP contribution in [0.5, 0.6) is 5.75 Å². The summed E-state index contributed by atoms with van der Waals surface area (Å²) >= 11 is 5.70. The minimum absolute atomic E-state index is 0.299. The number of carbonyl (C=O) groups excluding carboxylic acids is 1. The van der Waals surface area contributed by atoms with Crippen molar-refractivity contribution in [3.05, 3.63) is 95.6 Å². The Morgan fingerprint density at radius 2 is 1.58 bits per heavy atom. The fourth-order valence-electron chi connectivity index (χ4n) is 4.34. The van der Waals surface area contributed by atoms with Crippen LogP contribution in [-0.4, -0.2) is 35.5 Å². The van der Waals surface area contributed by atoms with E-state index in [1.54, 1.807) is 12.1 Å². The third-order valence-corrected chi connectivity index (χ3v) is 6.74. The quantitative estimate of drug-likeness (QED) is 0.375. The molecule has 1 N–H and O–H groups in total. The summed E-state index contributed by atoms with van der Waals surface area (Å²) in [4.78, 5) is 15.2. The number of rotatable bonds is 7. The van der Waals surface area contributed by atoms with Gasteiger partial charge in [0.1, 0.15) is 10.7 Å². The van der Waals surface area contributed by atoms with Gasteiger partial charge in [0.05, 0.1) is 11.3 Å². The van der Waals surface area contributed by atoms with Crippen molar-refractivity contribution in [1.82, 2.24) is 4.90 Å². The normalized spacial score (nSPS) is 14.4. The van der Waals surface area contributed by atoms with Gasteiger partial charge in [0.25, 0.3) is 5.91 Å². The van der Waals surface area contributed by atoms with Crippen LogP contribution in [0.15, 0.2) is 78.9 Å². The number of para-hydroxylation sites is 1. The molecule has 36 heavy (non-hydrogen) atoms. The van der Waals surface area contributed by atoms with E-state index in [1.165, 1.54) is 23.8 Å². The minimum atomic E-state index is -4.56. The molecule has 0 aromatic heterocycles. The summed E-state index contributed by atoms with van der Waals surface area (Å²) in [7, 11) is 0. The summed E-state index contributed by atoms with van der Waals surface area (Å²) in [5, 5.41) is 2.27. The molecule has 1 saturated heterocycles. The number of thiocarbonyl (C=S) groups is 1. The zero-order chi connectivity index (χ0) is 25.5. The molecule has 0 unspecified atom stereocenters. The third kappa shape index (κ3) is 6.85. The molecule has 188 valence electrons. The Hall–Kier alpha value is -3.39. The maximum absolute atomic E-state index is 13.1. The van der Waals surface area contributed by atoms with Gasteiger partial charge in [-0.05, 0) is 67.1 Å². The molecule has 1 aliphatic rings. The predicted octanol–water partition coefficient (Wildman–Crippen LogP) is 6.35. The van der Waals surface area contributed by atoms with Gasteiger partial charge in [-0.3, -0.25) is 4.79 Å². The molecule has 4 rings (SSSR count). The van der Waals surface area contributed by atoms with E-state index in [-0.39, 0.29) is 5.69 Å². The molecule has 3 aromatic rings. The number of anilines is 1. The lowest BCUT2D eigenvalue weighted by Crippen LogP contribution is -2.38. The summed E-state index contributed by atoms with van der Waals surface area (Å²) in [5.41, 5.74) is 1.06. The van der Waals surface area contributed by atoms with Crippen molar-refractivity contribution in [2.75, 3.05) is 25.0 Å². The van der Waals surface area contributed by atoms with Crippen molar-refractivity contribution in [3.63, 3.8) is 0 Å². The molecular weight excluding hydrogens is 485 g/mol. The molecule has 0 saturated carbocycles. The average Bonchev–Trinajstić information content (AvgIpc) is 2.88. The largest absolute Gasteiger partial charge is 0.484 e. The number of ether oxygens (including phenoxy) is 1. The van der Waals surface area contributed by atoms with Gasteiger partial charge in [-0.1, -0.05) is 54.7 Å². The van der Waals surface area contributed by atoms with Gasteiger partial charge < -0.3 is 15.0 Å². The molecule has 3 aromatic carbocycles. The van der Waals surface area contributed by atoms with Gasteiger partial charge in [0.15, 0.2) is 6.61 Å². The maximum Gasteiger partial charge on any atom is 0.418 e. The van der Waals surface area contributed by atoms with Crippen LogP contribution in [0.1, 0.15) is 29.5 Å². The molecule has 0 aliphatic carbocycles. The first-order valence-corrected chi connectivity index (χ1v) is 12.2. The average molecular weight is 513 g/mol. The molecular formula is C28H27F3N2O2S. The molecule has 0 radical (unpaired) electrons. The minimum Gasteiger partial charge on any atom is -0.484 e. The van der Waals surface area contributed by atoms with Crippen molar-refractivity contribution >= 4 is 28.8 Å². The standard InChI is InChI=1S/C28H27F3N2O2S/c29-28(30,31)24-8-4-5-9-25(24)32-26(34)19-35-23-12-10-22(11-13-23)27(36)33-16-14-21(15-17-33)18-20-6-2-1-3-7-20/h1-13,21H,14-19H2,(H,32,34). The summed E-state index contributed by atoms with van der Waals surface area (Å²) in [6.07, 6.45) is -1.30. The lowest BCUT2D eigenvalue weighted by atomic mass is 9.90. The second kappa shape index (κ2) is 11.6. The van der Waals surface area contributed by atoms with Crippen LogP contribution in [0.2, 0.25) is 0 Å². The van der Waals surface area contributed by atoms with E-state index in [2.05, 4.69) is 34.5 Å². The number of alkyl halides is 3. The van der Waals surface area contributed by atoms with Crippen LogP contribution in [-0.2, 0) is 17.4 Å². The van der Waals surface area contributed by atoms with Crippen molar-refractivity contribution in [1.29, 1.82) is 0 Å². The van der Waals surface area contributed by atoms with Crippen LogP contribution >= 0.6 is 12.2 Å². The number of piperidine rings is 1. The second-order valence-corrected chi connectivity index (χ2v) is 9.22. The van der Waals surface area contributed by atoms with Crippen LogP contribution in [0, 0.1) is 5.92 Å². The maximum atomic E-state index is 13.1. The zero-order valence-electron chi connectivity index (χ0n) is 19.6. The molecule has 1 amide bonds. The molecule has 0 spiro atoms. The lowest BCUT2D eigenvalue weighted by molar-refractivity contribution is -0.137. The zero-order valence-corrected chi connectivity index (χ0v) is 20.4. The Morgan fingerprint density at radius 3 is 2.25 bits per heavy atom. The van der Waals surface area contributed by atoms with E-state index in [4.69, 9.17) is 17.0 Å². The first-order valence-electron chi connectivity index (χ1n) is 11.8. The van der Waals surface area contributed by atoms with E-state index < -0.39 is 24.3 Å². The number of likely N-dealkylation sites (tertiary alicyclic amines) is 1. The Bertz CT molecular complexity index is 1180. The summed E-state index contributed by atoms with van der Waals surface area (Å²) < 4.78 is 44.8. The summed E-state index contributed by atoms with van der Waals surface area (Å²) in [6.45, 7) is 1.41. The smallest absolute Gasteiger partial charge is 0.418 e. The SMILES string of the molecule is O=C(COc1ccc(C(=S)N2CCC(Cc3ccccc3)CC2)cc1)Nc1ccccc1C(F)(F)F. The molecule has 1 fully saturated rings. The van der Waals surface area contributed by atoms with E-state index >= 15 is 0 Å². The van der Waals surface area contributed by atoms with Gasteiger partial charge in [0.2, 0.25) is 0 Å². The number of amides is 1. The Labute approximate surface area is 214 Å². The number of hydrogen-bond donors (Lipinski definition) is 1. The predicted molar refractivity (Wildman–Crippen MR) is 138 cm³/mol. The van der Waals surface area contributed by atoms with E-state index in [9.17, 15) is 18.0 Å². The highest BCUT2D eigenvalue weighted by Crippen LogP contribution is 2.34. The molecule has 4 nitrogen and oxygen atoms in total. The third-order valence-electron chi connectivity index (χ3n) is 6.25. The lowest BCUT2D eigenvalue weighted by Gasteiger charge is -2.34. The number of halogens is 3. The van der Waals surface area contributed by atoms with Gasteiger partial charge >= 0.3 is 6.18 Å². The number of nitrogens with zero attached hydrogens (tertiary/aromatic N) is 1. The van der Waals surface area contributed by atoms with E-state index in [0.717, 1.165) is 49.0 Å². The van der Waals surface area contributed by atoms with E-state index in [0.29, 0.717) is 11.7 Å². The number of hydrogen-bond acceptors (Lipinski definition) is 3. The van der Waals surface area contributed by atoms with Gasteiger partial charge in [0, 0.05) is 18.7 Å². The molecule has 8 heteroatoms. The Morgan fingerprint density at radius 1 is 0.944 bits per heavy atom. The monoisotopic (exact) mass is 512 g/mol. The van der Waals surface area contributed by atoms with Crippen molar-refractivity contribution < 1.29 is 22.7 Å². The van der Waals surface area contributed by atoms with E-state index in [1.807, 2.05) is 18.2 Å². The molecule has 0 atom stereocenters. The number of carbonyl (C=O) groups is 1. The highest BCUT2D eigenvalue weighted by Gasteiger charge is 2.33.